The number of aryl methyl sites for hydroxylation is 1. The van der Waals surface area contributed by atoms with Crippen molar-refractivity contribution in [3.63, 3.8) is 0 Å². The van der Waals surface area contributed by atoms with Crippen LogP contribution < -0.4 is 4.74 Å². The van der Waals surface area contributed by atoms with E-state index < -0.39 is 0 Å². The van der Waals surface area contributed by atoms with Gasteiger partial charge in [0.25, 0.3) is 0 Å². The second-order valence-electron chi connectivity index (χ2n) is 5.09. The Morgan fingerprint density at radius 3 is 2.30 bits per heavy atom. The first kappa shape index (κ1) is 15.1. The largest absolute Gasteiger partial charge is 0.496 e. The van der Waals surface area contributed by atoms with Crippen LogP contribution in [-0.2, 0) is 6.61 Å². The zero-order valence-electron chi connectivity index (χ0n) is 12.5. The van der Waals surface area contributed by atoms with Gasteiger partial charge in [-0.1, -0.05) is 15.9 Å². The second-order valence-corrected chi connectivity index (χ2v) is 5.88. The summed E-state index contributed by atoms with van der Waals surface area (Å²) in [6.07, 6.45) is 0. The Labute approximate surface area is 128 Å². The van der Waals surface area contributed by atoms with E-state index in [1.807, 2.05) is 13.0 Å². The van der Waals surface area contributed by atoms with Gasteiger partial charge in [-0.25, -0.2) is 0 Å². The fraction of sp³-hybridized carbons (Fsp3) is 0.375. The summed E-state index contributed by atoms with van der Waals surface area (Å²) < 4.78 is 6.73. The summed E-state index contributed by atoms with van der Waals surface area (Å²) in [4.78, 5) is 3.34. The van der Waals surface area contributed by atoms with Crippen LogP contribution in [0.5, 0.6) is 5.75 Å². The van der Waals surface area contributed by atoms with Crippen molar-refractivity contribution in [2.75, 3.05) is 7.11 Å². The van der Waals surface area contributed by atoms with E-state index in [-0.39, 0.29) is 6.61 Å². The fourth-order valence-corrected chi connectivity index (χ4v) is 3.06. The molecule has 2 N–H and O–H groups in total. The summed E-state index contributed by atoms with van der Waals surface area (Å²) in [5.41, 5.74) is 7.37. The summed E-state index contributed by atoms with van der Waals surface area (Å²) in [5, 5.41) is 9.37. The van der Waals surface area contributed by atoms with Crippen LogP contribution in [0, 0.1) is 27.7 Å². The topological polar surface area (TPSA) is 45.2 Å². The molecule has 0 bridgehead atoms. The molecule has 2 rings (SSSR count). The molecule has 0 unspecified atom stereocenters. The van der Waals surface area contributed by atoms with Gasteiger partial charge >= 0.3 is 0 Å². The molecule has 0 radical (unpaired) electrons. The lowest BCUT2D eigenvalue weighted by Gasteiger charge is -2.18. The zero-order valence-corrected chi connectivity index (χ0v) is 14.1. The van der Waals surface area contributed by atoms with Crippen molar-refractivity contribution in [1.29, 1.82) is 0 Å². The maximum absolute atomic E-state index is 9.37. The van der Waals surface area contributed by atoms with Gasteiger partial charge in [-0.15, -0.1) is 0 Å². The standard InChI is InChI=1S/C16H20BrNO2/c1-8-9(2)16(20-5)14(10(3)15(8)17)13-6-12(7-19)11(4)18-13/h6,18-19H,7H2,1-5H3. The van der Waals surface area contributed by atoms with Crippen molar-refractivity contribution in [2.45, 2.75) is 34.3 Å². The summed E-state index contributed by atoms with van der Waals surface area (Å²) in [6.45, 7) is 8.22. The molecule has 20 heavy (non-hydrogen) atoms. The molecule has 0 atom stereocenters. The van der Waals surface area contributed by atoms with Gasteiger partial charge in [0.05, 0.1) is 13.7 Å². The average Bonchev–Trinajstić information content (AvgIpc) is 2.80. The number of H-pyrrole nitrogens is 1. The molecular formula is C16H20BrNO2. The molecule has 1 heterocycles. The Morgan fingerprint density at radius 2 is 1.80 bits per heavy atom. The van der Waals surface area contributed by atoms with E-state index in [2.05, 4.69) is 41.7 Å². The fourth-order valence-electron chi connectivity index (χ4n) is 2.56. The van der Waals surface area contributed by atoms with Crippen LogP contribution in [0.4, 0.5) is 0 Å². The number of aliphatic hydroxyl groups is 1. The van der Waals surface area contributed by atoms with Crippen molar-refractivity contribution < 1.29 is 9.84 Å². The number of benzene rings is 1. The van der Waals surface area contributed by atoms with Gasteiger partial charge in [-0.2, -0.15) is 0 Å². The monoisotopic (exact) mass is 337 g/mol. The number of methoxy groups -OCH3 is 1. The third kappa shape index (κ3) is 2.27. The SMILES string of the molecule is COc1c(C)c(C)c(Br)c(C)c1-c1cc(CO)c(C)[nH]1. The summed E-state index contributed by atoms with van der Waals surface area (Å²) in [5.74, 6) is 0.883. The average molecular weight is 338 g/mol. The molecule has 0 aliphatic heterocycles. The van der Waals surface area contributed by atoms with Gasteiger partial charge < -0.3 is 14.8 Å². The zero-order chi connectivity index (χ0) is 15.0. The number of rotatable bonds is 3. The minimum atomic E-state index is 0.0374. The van der Waals surface area contributed by atoms with Crippen LogP contribution in [0.2, 0.25) is 0 Å². The van der Waals surface area contributed by atoms with Gasteiger partial charge in [0.2, 0.25) is 0 Å². The third-order valence-corrected chi connectivity index (χ3v) is 5.12. The Bertz CT molecular complexity index is 659. The highest BCUT2D eigenvalue weighted by molar-refractivity contribution is 9.10. The number of hydrogen-bond acceptors (Lipinski definition) is 2. The van der Waals surface area contributed by atoms with Crippen molar-refractivity contribution in [1.82, 2.24) is 4.98 Å². The normalized spacial score (nSPS) is 10.9. The van der Waals surface area contributed by atoms with Crippen molar-refractivity contribution in [3.8, 4) is 17.0 Å². The molecule has 108 valence electrons. The van der Waals surface area contributed by atoms with E-state index >= 15 is 0 Å². The van der Waals surface area contributed by atoms with Crippen LogP contribution in [-0.4, -0.2) is 17.2 Å². The van der Waals surface area contributed by atoms with E-state index in [1.165, 1.54) is 5.56 Å². The predicted molar refractivity (Wildman–Crippen MR) is 85.4 cm³/mol. The first-order valence-corrected chi connectivity index (χ1v) is 7.34. The Hall–Kier alpha value is -1.26. The van der Waals surface area contributed by atoms with E-state index in [1.54, 1.807) is 7.11 Å². The minimum Gasteiger partial charge on any atom is -0.496 e. The number of aliphatic hydroxyl groups excluding tert-OH is 1. The summed E-state index contributed by atoms with van der Waals surface area (Å²) >= 11 is 3.67. The maximum Gasteiger partial charge on any atom is 0.131 e. The summed E-state index contributed by atoms with van der Waals surface area (Å²) in [7, 11) is 1.70. The third-order valence-electron chi connectivity index (χ3n) is 3.93. The number of ether oxygens (including phenoxy) is 1. The van der Waals surface area contributed by atoms with Gasteiger partial charge in [-0.3, -0.25) is 0 Å². The number of hydrogen-bond donors (Lipinski definition) is 2. The quantitative estimate of drug-likeness (QED) is 0.882. The van der Waals surface area contributed by atoms with Crippen LogP contribution in [0.1, 0.15) is 27.9 Å². The lowest BCUT2D eigenvalue weighted by molar-refractivity contribution is 0.281. The highest BCUT2D eigenvalue weighted by Crippen LogP contribution is 2.42. The van der Waals surface area contributed by atoms with Crippen LogP contribution in [0.15, 0.2) is 10.5 Å². The Kier molecular flexibility index (Phi) is 4.25. The van der Waals surface area contributed by atoms with Gasteiger partial charge in [-0.05, 0) is 56.0 Å². The molecule has 0 saturated carbocycles. The van der Waals surface area contributed by atoms with Crippen LogP contribution >= 0.6 is 15.9 Å². The van der Waals surface area contributed by atoms with E-state index in [9.17, 15) is 5.11 Å². The molecular weight excluding hydrogens is 318 g/mol. The first-order valence-electron chi connectivity index (χ1n) is 6.55. The Balaban J connectivity index is 2.78. The molecule has 0 aliphatic rings. The lowest BCUT2D eigenvalue weighted by atomic mass is 9.97. The summed E-state index contributed by atoms with van der Waals surface area (Å²) in [6, 6.07) is 1.99. The molecule has 0 fully saturated rings. The number of aromatic amines is 1. The minimum absolute atomic E-state index is 0.0374. The van der Waals surface area contributed by atoms with Crippen LogP contribution in [0.3, 0.4) is 0 Å². The number of aromatic nitrogens is 1. The highest BCUT2D eigenvalue weighted by Gasteiger charge is 2.19. The van der Waals surface area contributed by atoms with E-state index in [0.29, 0.717) is 0 Å². The molecule has 2 aromatic rings. The molecule has 4 heteroatoms. The predicted octanol–water partition coefficient (Wildman–Crippen LogP) is 4.18. The second kappa shape index (κ2) is 5.62. The molecule has 0 spiro atoms. The van der Waals surface area contributed by atoms with Crippen molar-refractivity contribution in [3.05, 3.63) is 38.5 Å². The molecule has 0 saturated heterocycles. The molecule has 1 aromatic heterocycles. The lowest BCUT2D eigenvalue weighted by Crippen LogP contribution is -1.99. The first-order chi connectivity index (χ1) is 9.42. The van der Waals surface area contributed by atoms with Crippen LogP contribution in [0.25, 0.3) is 11.3 Å². The Morgan fingerprint density at radius 1 is 1.15 bits per heavy atom. The number of nitrogens with one attached hydrogen (secondary N) is 1. The maximum atomic E-state index is 9.37. The number of halogens is 1. The molecule has 0 aliphatic carbocycles. The highest BCUT2D eigenvalue weighted by atomic mass is 79.9. The smallest absolute Gasteiger partial charge is 0.131 e. The molecule has 3 nitrogen and oxygen atoms in total. The van der Waals surface area contributed by atoms with Crippen molar-refractivity contribution >= 4 is 15.9 Å². The molecule has 0 amide bonds. The van der Waals surface area contributed by atoms with Gasteiger partial charge in [0.1, 0.15) is 5.75 Å². The van der Waals surface area contributed by atoms with Crippen molar-refractivity contribution in [2.24, 2.45) is 0 Å². The molecule has 1 aromatic carbocycles. The van der Waals surface area contributed by atoms with E-state index in [4.69, 9.17) is 4.74 Å². The van der Waals surface area contributed by atoms with Gasteiger partial charge in [0, 0.05) is 21.4 Å². The van der Waals surface area contributed by atoms with E-state index in [0.717, 1.165) is 43.9 Å². The van der Waals surface area contributed by atoms with Gasteiger partial charge in [0.15, 0.2) is 0 Å².